The van der Waals surface area contributed by atoms with Crippen molar-refractivity contribution in [1.29, 1.82) is 0 Å². The Balaban J connectivity index is 1.94. The van der Waals surface area contributed by atoms with E-state index in [9.17, 15) is 5.11 Å². The predicted molar refractivity (Wildman–Crippen MR) is 111 cm³/mol. The SMILES string of the molecule is CCN(CC)C[C@@H](O)COc1cc(CN2CCC(C)(C)CC2)ccc1OC. The molecule has 0 radical (unpaired) electrons. The molecule has 1 N–H and O–H groups in total. The molecule has 27 heavy (non-hydrogen) atoms. The molecule has 1 aromatic carbocycles. The van der Waals surface area contributed by atoms with E-state index in [1.54, 1.807) is 7.11 Å². The Morgan fingerprint density at radius 1 is 1.15 bits per heavy atom. The minimum atomic E-state index is -0.511. The molecule has 0 aromatic heterocycles. The number of aliphatic hydroxyl groups excluding tert-OH is 1. The second kappa shape index (κ2) is 10.3. The van der Waals surface area contributed by atoms with Crippen molar-refractivity contribution >= 4 is 0 Å². The summed E-state index contributed by atoms with van der Waals surface area (Å²) in [5.41, 5.74) is 1.69. The minimum Gasteiger partial charge on any atom is -0.493 e. The molecule has 2 rings (SSSR count). The Morgan fingerprint density at radius 2 is 1.81 bits per heavy atom. The van der Waals surface area contributed by atoms with Crippen LogP contribution >= 0.6 is 0 Å². The van der Waals surface area contributed by atoms with Gasteiger partial charge >= 0.3 is 0 Å². The van der Waals surface area contributed by atoms with Crippen molar-refractivity contribution in [2.24, 2.45) is 5.41 Å². The number of hydrogen-bond acceptors (Lipinski definition) is 5. The number of hydrogen-bond donors (Lipinski definition) is 1. The lowest BCUT2D eigenvalue weighted by molar-refractivity contribution is 0.0704. The number of ether oxygens (including phenoxy) is 2. The number of benzene rings is 1. The Bertz CT molecular complexity index is 563. The van der Waals surface area contributed by atoms with Crippen LogP contribution in [0, 0.1) is 5.41 Å². The molecular weight excluding hydrogens is 340 g/mol. The molecule has 5 nitrogen and oxygen atoms in total. The Hall–Kier alpha value is -1.30. The average Bonchev–Trinajstić information content (AvgIpc) is 2.66. The third kappa shape index (κ3) is 6.98. The molecule has 1 atom stereocenters. The fourth-order valence-electron chi connectivity index (χ4n) is 3.53. The van der Waals surface area contributed by atoms with Crippen molar-refractivity contribution < 1.29 is 14.6 Å². The second-order valence-electron chi connectivity index (χ2n) is 8.38. The lowest BCUT2D eigenvalue weighted by atomic mass is 9.82. The van der Waals surface area contributed by atoms with E-state index in [4.69, 9.17) is 9.47 Å². The molecule has 0 saturated carbocycles. The number of likely N-dealkylation sites (tertiary alicyclic amines) is 1. The van der Waals surface area contributed by atoms with E-state index < -0.39 is 6.10 Å². The zero-order chi connectivity index (χ0) is 19.9. The minimum absolute atomic E-state index is 0.272. The Kier molecular flexibility index (Phi) is 8.39. The monoisotopic (exact) mass is 378 g/mol. The standard InChI is InChI=1S/C22H38N2O3/c1-6-23(7-2)16-19(25)17-27-21-14-18(8-9-20(21)26-5)15-24-12-10-22(3,4)11-13-24/h8-9,14,19,25H,6-7,10-13,15-17H2,1-5H3/t19-/m1/s1. The van der Waals surface area contributed by atoms with Crippen molar-refractivity contribution in [2.45, 2.75) is 53.2 Å². The Morgan fingerprint density at radius 3 is 2.41 bits per heavy atom. The van der Waals surface area contributed by atoms with Crippen molar-refractivity contribution in [2.75, 3.05) is 46.4 Å². The maximum absolute atomic E-state index is 10.3. The molecule has 154 valence electrons. The Labute approximate surface area is 165 Å². The average molecular weight is 379 g/mol. The van der Waals surface area contributed by atoms with Gasteiger partial charge in [0, 0.05) is 13.1 Å². The lowest BCUT2D eigenvalue weighted by Crippen LogP contribution is -2.36. The first-order valence-corrected chi connectivity index (χ1v) is 10.3. The first kappa shape index (κ1) is 22.0. The molecule has 0 amide bonds. The summed E-state index contributed by atoms with van der Waals surface area (Å²) in [7, 11) is 1.65. The molecule has 0 bridgehead atoms. The van der Waals surface area contributed by atoms with Crippen LogP contribution in [0.1, 0.15) is 46.1 Å². The number of rotatable bonds is 10. The van der Waals surface area contributed by atoms with Gasteiger partial charge in [0.15, 0.2) is 11.5 Å². The van der Waals surface area contributed by atoms with Crippen molar-refractivity contribution in [3.8, 4) is 11.5 Å². The van der Waals surface area contributed by atoms with Crippen molar-refractivity contribution in [1.82, 2.24) is 9.80 Å². The van der Waals surface area contributed by atoms with Crippen LogP contribution in [0.25, 0.3) is 0 Å². The molecule has 1 fully saturated rings. The largest absolute Gasteiger partial charge is 0.493 e. The van der Waals surface area contributed by atoms with Crippen LogP contribution in [0.5, 0.6) is 11.5 Å². The zero-order valence-corrected chi connectivity index (χ0v) is 17.8. The number of nitrogens with zero attached hydrogens (tertiary/aromatic N) is 2. The fourth-order valence-corrected chi connectivity index (χ4v) is 3.53. The van der Waals surface area contributed by atoms with E-state index in [2.05, 4.69) is 49.6 Å². The molecule has 0 aliphatic carbocycles. The number of likely N-dealkylation sites (N-methyl/N-ethyl adjacent to an activating group) is 1. The van der Waals surface area contributed by atoms with Gasteiger partial charge in [-0.1, -0.05) is 33.8 Å². The lowest BCUT2D eigenvalue weighted by Gasteiger charge is -2.37. The number of methoxy groups -OCH3 is 1. The van der Waals surface area contributed by atoms with Crippen LogP contribution in [0.2, 0.25) is 0 Å². The molecule has 0 spiro atoms. The summed E-state index contributed by atoms with van der Waals surface area (Å²) >= 11 is 0. The first-order chi connectivity index (χ1) is 12.9. The van der Waals surface area contributed by atoms with Gasteiger partial charge in [-0.15, -0.1) is 0 Å². The van der Waals surface area contributed by atoms with Crippen molar-refractivity contribution in [3.05, 3.63) is 23.8 Å². The van der Waals surface area contributed by atoms with Crippen LogP contribution in [0.4, 0.5) is 0 Å². The highest BCUT2D eigenvalue weighted by Crippen LogP contribution is 2.32. The second-order valence-corrected chi connectivity index (χ2v) is 8.38. The van der Waals surface area contributed by atoms with Gasteiger partial charge in [-0.3, -0.25) is 4.90 Å². The van der Waals surface area contributed by atoms with Crippen LogP contribution in [0.3, 0.4) is 0 Å². The molecular formula is C22H38N2O3. The van der Waals surface area contributed by atoms with Gasteiger partial charge in [0.25, 0.3) is 0 Å². The van der Waals surface area contributed by atoms with Gasteiger partial charge in [0.1, 0.15) is 12.7 Å². The van der Waals surface area contributed by atoms with E-state index in [1.165, 1.54) is 18.4 Å². The van der Waals surface area contributed by atoms with Crippen molar-refractivity contribution in [3.63, 3.8) is 0 Å². The quantitative estimate of drug-likeness (QED) is 0.676. The predicted octanol–water partition coefficient (Wildman–Crippen LogP) is 3.40. The van der Waals surface area contributed by atoms with Gasteiger partial charge < -0.3 is 19.5 Å². The fraction of sp³-hybridized carbons (Fsp3) is 0.727. The highest BCUT2D eigenvalue weighted by molar-refractivity contribution is 5.43. The summed E-state index contributed by atoms with van der Waals surface area (Å²) in [5.74, 6) is 1.43. The van der Waals surface area contributed by atoms with E-state index in [0.29, 0.717) is 23.5 Å². The first-order valence-electron chi connectivity index (χ1n) is 10.3. The third-order valence-corrected chi connectivity index (χ3v) is 5.64. The number of piperidine rings is 1. The summed E-state index contributed by atoms with van der Waals surface area (Å²) in [4.78, 5) is 4.70. The van der Waals surface area contributed by atoms with Gasteiger partial charge in [-0.2, -0.15) is 0 Å². The summed E-state index contributed by atoms with van der Waals surface area (Å²) in [6.07, 6.45) is 1.97. The molecule has 1 heterocycles. The highest BCUT2D eigenvalue weighted by atomic mass is 16.5. The summed E-state index contributed by atoms with van der Waals surface area (Å²) < 4.78 is 11.4. The van der Waals surface area contributed by atoms with E-state index >= 15 is 0 Å². The van der Waals surface area contributed by atoms with Crippen LogP contribution < -0.4 is 9.47 Å². The van der Waals surface area contributed by atoms with Gasteiger partial charge in [-0.05, 0) is 62.1 Å². The summed E-state index contributed by atoms with van der Waals surface area (Å²) in [6.45, 7) is 14.9. The van der Waals surface area contributed by atoms with Crippen LogP contribution in [-0.4, -0.2) is 67.5 Å². The van der Waals surface area contributed by atoms with Gasteiger partial charge in [0.2, 0.25) is 0 Å². The normalized spacial score (nSPS) is 18.5. The van der Waals surface area contributed by atoms with E-state index in [-0.39, 0.29) is 6.61 Å². The molecule has 1 saturated heterocycles. The van der Waals surface area contributed by atoms with Crippen LogP contribution in [0.15, 0.2) is 18.2 Å². The summed E-state index contributed by atoms with van der Waals surface area (Å²) in [6, 6.07) is 6.13. The van der Waals surface area contributed by atoms with E-state index in [0.717, 1.165) is 32.7 Å². The topological polar surface area (TPSA) is 45.2 Å². The third-order valence-electron chi connectivity index (χ3n) is 5.64. The van der Waals surface area contributed by atoms with Gasteiger partial charge in [0.05, 0.1) is 7.11 Å². The maximum atomic E-state index is 10.3. The molecule has 1 aromatic rings. The molecule has 5 heteroatoms. The van der Waals surface area contributed by atoms with Crippen LogP contribution in [-0.2, 0) is 6.54 Å². The molecule has 1 aliphatic rings. The summed E-state index contributed by atoms with van der Waals surface area (Å²) in [5, 5.41) is 10.3. The zero-order valence-electron chi connectivity index (χ0n) is 17.8. The van der Waals surface area contributed by atoms with Gasteiger partial charge in [-0.25, -0.2) is 0 Å². The smallest absolute Gasteiger partial charge is 0.161 e. The molecule has 1 aliphatic heterocycles. The highest BCUT2D eigenvalue weighted by Gasteiger charge is 2.25. The number of aliphatic hydroxyl groups is 1. The maximum Gasteiger partial charge on any atom is 0.161 e. The van der Waals surface area contributed by atoms with E-state index in [1.807, 2.05) is 6.07 Å². The molecule has 0 unspecified atom stereocenters.